The molecule has 0 fully saturated rings. The molecule has 0 aliphatic heterocycles. The van der Waals surface area contributed by atoms with Crippen LogP contribution in [0.4, 0.5) is 5.82 Å². The van der Waals surface area contributed by atoms with E-state index in [2.05, 4.69) is 33.0 Å². The molecule has 0 bridgehead atoms. The topological polar surface area (TPSA) is 141 Å². The molecule has 0 aliphatic rings. The second-order valence-electron chi connectivity index (χ2n) is 6.63. The molecular weight excluding hydrogens is 388 g/mol. The number of aromatic nitrogens is 3. The van der Waals surface area contributed by atoms with Crippen LogP contribution in [0.5, 0.6) is 5.75 Å². The van der Waals surface area contributed by atoms with Gasteiger partial charge in [-0.05, 0) is 18.6 Å². The average Bonchev–Trinajstić information content (AvgIpc) is 2.73. The van der Waals surface area contributed by atoms with Gasteiger partial charge in [0.05, 0.1) is 12.8 Å². The Morgan fingerprint density at radius 1 is 1.20 bits per heavy atom. The van der Waals surface area contributed by atoms with Crippen LogP contribution in [0.2, 0.25) is 0 Å². The zero-order valence-electron chi connectivity index (χ0n) is 17.1. The second kappa shape index (κ2) is 12.9. The van der Waals surface area contributed by atoms with Crippen LogP contribution >= 0.6 is 0 Å². The van der Waals surface area contributed by atoms with Crippen molar-refractivity contribution in [1.82, 2.24) is 20.6 Å². The van der Waals surface area contributed by atoms with Crippen LogP contribution in [0.25, 0.3) is 0 Å². The molecule has 0 saturated heterocycles. The summed E-state index contributed by atoms with van der Waals surface area (Å²) in [7, 11) is 0. The summed E-state index contributed by atoms with van der Waals surface area (Å²) < 4.78 is 5.83. The standard InChI is InChI=1S/C20H28N6O4/c1-2-3-4-5-8-13-30-16-10-7-6-9-15(16)14-22-24-17(27)11-12-21-18-19(28)23-20(29)26-25-18/h6-7,9-10,14H,2-5,8,11-13H2,1H3,(H,21,25)(H,24,27)(H2,23,26,28,29)/b22-14+. The van der Waals surface area contributed by atoms with Crippen molar-refractivity contribution in [3.05, 3.63) is 50.7 Å². The van der Waals surface area contributed by atoms with E-state index in [1.807, 2.05) is 29.2 Å². The van der Waals surface area contributed by atoms with Gasteiger partial charge in [0.1, 0.15) is 5.75 Å². The van der Waals surface area contributed by atoms with Gasteiger partial charge >= 0.3 is 5.69 Å². The number of amides is 1. The first-order chi connectivity index (χ1) is 14.6. The van der Waals surface area contributed by atoms with Gasteiger partial charge in [0.25, 0.3) is 5.56 Å². The SMILES string of the molecule is CCCCCCCOc1ccccc1/C=N/NC(=O)CCNc1n[nH]c(=O)[nH]c1=O. The second-order valence-corrected chi connectivity index (χ2v) is 6.63. The van der Waals surface area contributed by atoms with E-state index < -0.39 is 11.2 Å². The Hall–Kier alpha value is -3.43. The quantitative estimate of drug-likeness (QED) is 0.223. The lowest BCUT2D eigenvalue weighted by Crippen LogP contribution is -2.28. The van der Waals surface area contributed by atoms with Crippen molar-refractivity contribution in [3.63, 3.8) is 0 Å². The highest BCUT2D eigenvalue weighted by Gasteiger charge is 2.04. The number of hydrogen-bond donors (Lipinski definition) is 4. The maximum Gasteiger partial charge on any atom is 0.342 e. The van der Waals surface area contributed by atoms with Crippen molar-refractivity contribution in [2.75, 3.05) is 18.5 Å². The number of hydrogen-bond acceptors (Lipinski definition) is 7. The summed E-state index contributed by atoms with van der Waals surface area (Å²) in [5.74, 6) is 0.316. The van der Waals surface area contributed by atoms with Crippen LogP contribution in [-0.4, -0.2) is 40.5 Å². The summed E-state index contributed by atoms with van der Waals surface area (Å²) >= 11 is 0. The van der Waals surface area contributed by atoms with Crippen molar-refractivity contribution in [2.45, 2.75) is 45.4 Å². The van der Waals surface area contributed by atoms with Gasteiger partial charge in [-0.1, -0.05) is 44.7 Å². The molecule has 0 aliphatic carbocycles. The lowest BCUT2D eigenvalue weighted by atomic mass is 10.2. The number of carbonyl (C=O) groups excluding carboxylic acids is 1. The van der Waals surface area contributed by atoms with Crippen LogP contribution in [0.15, 0.2) is 39.0 Å². The number of rotatable bonds is 13. The summed E-state index contributed by atoms with van der Waals surface area (Å²) in [6.45, 7) is 2.98. The molecule has 10 heteroatoms. The Labute approximate surface area is 174 Å². The molecule has 0 unspecified atom stereocenters. The molecular formula is C20H28N6O4. The largest absolute Gasteiger partial charge is 0.493 e. The molecule has 2 rings (SSSR count). The smallest absolute Gasteiger partial charge is 0.342 e. The van der Waals surface area contributed by atoms with Gasteiger partial charge in [-0.15, -0.1) is 5.10 Å². The number of anilines is 1. The van der Waals surface area contributed by atoms with E-state index in [-0.39, 0.29) is 24.7 Å². The van der Waals surface area contributed by atoms with Crippen molar-refractivity contribution in [3.8, 4) is 5.75 Å². The molecule has 0 spiro atoms. The number of H-pyrrole nitrogens is 2. The van der Waals surface area contributed by atoms with Gasteiger partial charge in [-0.2, -0.15) is 5.10 Å². The Morgan fingerprint density at radius 2 is 2.00 bits per heavy atom. The molecule has 0 saturated carbocycles. The first-order valence-corrected chi connectivity index (χ1v) is 10.1. The van der Waals surface area contributed by atoms with Gasteiger partial charge < -0.3 is 10.1 Å². The maximum absolute atomic E-state index is 11.9. The van der Waals surface area contributed by atoms with Crippen LogP contribution in [0, 0.1) is 0 Å². The van der Waals surface area contributed by atoms with Crippen molar-refractivity contribution < 1.29 is 9.53 Å². The minimum absolute atomic E-state index is 0.0630. The zero-order chi connectivity index (χ0) is 21.6. The third-order valence-electron chi connectivity index (χ3n) is 4.17. The molecule has 1 amide bonds. The summed E-state index contributed by atoms with van der Waals surface area (Å²) in [6.07, 6.45) is 7.42. The van der Waals surface area contributed by atoms with E-state index in [1.165, 1.54) is 25.5 Å². The molecule has 162 valence electrons. The molecule has 0 atom stereocenters. The van der Waals surface area contributed by atoms with Gasteiger partial charge in [0.2, 0.25) is 11.7 Å². The minimum Gasteiger partial charge on any atom is -0.493 e. The van der Waals surface area contributed by atoms with E-state index in [1.54, 1.807) is 0 Å². The number of nitrogens with one attached hydrogen (secondary N) is 4. The van der Waals surface area contributed by atoms with Crippen LogP contribution in [0.1, 0.15) is 51.0 Å². The number of benzene rings is 1. The molecule has 30 heavy (non-hydrogen) atoms. The summed E-state index contributed by atoms with van der Waals surface area (Å²) in [5, 5.41) is 12.3. The first kappa shape index (κ1) is 22.9. The highest BCUT2D eigenvalue weighted by molar-refractivity contribution is 5.85. The average molecular weight is 416 g/mol. The van der Waals surface area contributed by atoms with Gasteiger partial charge in [-0.25, -0.2) is 15.3 Å². The molecule has 1 heterocycles. The lowest BCUT2D eigenvalue weighted by Gasteiger charge is -2.08. The fourth-order valence-corrected chi connectivity index (χ4v) is 2.60. The highest BCUT2D eigenvalue weighted by Crippen LogP contribution is 2.16. The number of hydrazone groups is 1. The summed E-state index contributed by atoms with van der Waals surface area (Å²) in [5.41, 5.74) is 1.85. The predicted octanol–water partition coefficient (Wildman–Crippen LogP) is 1.76. The van der Waals surface area contributed by atoms with Gasteiger partial charge in [0.15, 0.2) is 0 Å². The first-order valence-electron chi connectivity index (χ1n) is 10.1. The monoisotopic (exact) mass is 416 g/mol. The number of ether oxygens (including phenoxy) is 1. The summed E-state index contributed by atoms with van der Waals surface area (Å²) in [6, 6.07) is 7.49. The number of aromatic amines is 2. The summed E-state index contributed by atoms with van der Waals surface area (Å²) in [4.78, 5) is 36.3. The van der Waals surface area contributed by atoms with Gasteiger partial charge in [-0.3, -0.25) is 14.6 Å². The molecule has 4 N–H and O–H groups in total. The zero-order valence-corrected chi connectivity index (χ0v) is 17.1. The Morgan fingerprint density at radius 3 is 2.80 bits per heavy atom. The van der Waals surface area contributed by atoms with Crippen molar-refractivity contribution in [1.29, 1.82) is 0 Å². The molecule has 1 aromatic heterocycles. The molecule has 1 aromatic carbocycles. The maximum atomic E-state index is 11.9. The van der Waals surface area contributed by atoms with E-state index in [0.717, 1.165) is 24.2 Å². The van der Waals surface area contributed by atoms with Crippen LogP contribution < -0.4 is 26.7 Å². The predicted molar refractivity (Wildman–Crippen MR) is 115 cm³/mol. The third-order valence-corrected chi connectivity index (χ3v) is 4.17. The fraction of sp³-hybridized carbons (Fsp3) is 0.450. The molecule has 2 aromatic rings. The van der Waals surface area contributed by atoms with E-state index in [4.69, 9.17) is 4.74 Å². The van der Waals surface area contributed by atoms with Crippen molar-refractivity contribution in [2.24, 2.45) is 5.10 Å². The third kappa shape index (κ3) is 8.29. The number of unbranched alkanes of at least 4 members (excludes halogenated alkanes) is 4. The van der Waals surface area contributed by atoms with Gasteiger partial charge in [0, 0.05) is 18.5 Å². The molecule has 10 nitrogen and oxygen atoms in total. The van der Waals surface area contributed by atoms with Crippen LogP contribution in [-0.2, 0) is 4.79 Å². The minimum atomic E-state index is -0.696. The normalized spacial score (nSPS) is 10.8. The molecule has 0 radical (unpaired) electrons. The number of carbonyl (C=O) groups is 1. The lowest BCUT2D eigenvalue weighted by molar-refractivity contribution is -0.120. The van der Waals surface area contributed by atoms with E-state index in [0.29, 0.717) is 6.61 Å². The fourth-order valence-electron chi connectivity index (χ4n) is 2.60. The van der Waals surface area contributed by atoms with Crippen LogP contribution in [0.3, 0.4) is 0 Å². The van der Waals surface area contributed by atoms with Crippen molar-refractivity contribution >= 4 is 17.9 Å². The Balaban J connectivity index is 1.74. The number of para-hydroxylation sites is 1. The van der Waals surface area contributed by atoms with E-state index >= 15 is 0 Å². The highest BCUT2D eigenvalue weighted by atomic mass is 16.5. The van der Waals surface area contributed by atoms with E-state index in [9.17, 15) is 14.4 Å². The Bertz CT molecular complexity index is 937. The number of nitrogens with zero attached hydrogens (tertiary/aromatic N) is 2. The Kier molecular flexibility index (Phi) is 9.84.